The Balaban J connectivity index is 2.58. The molecule has 0 fully saturated rings. The first-order chi connectivity index (χ1) is 8.52. The van der Waals surface area contributed by atoms with E-state index in [0.29, 0.717) is 17.8 Å². The first-order valence-corrected chi connectivity index (χ1v) is 5.63. The van der Waals surface area contributed by atoms with E-state index in [2.05, 4.69) is 10.3 Å². The van der Waals surface area contributed by atoms with E-state index in [9.17, 15) is 9.90 Å². The van der Waals surface area contributed by atoms with Crippen LogP contribution in [0.3, 0.4) is 0 Å². The van der Waals surface area contributed by atoms with Gasteiger partial charge in [-0.25, -0.2) is 9.78 Å². The Morgan fingerprint density at radius 2 is 2.28 bits per heavy atom. The van der Waals surface area contributed by atoms with Crippen molar-refractivity contribution in [3.63, 3.8) is 0 Å². The van der Waals surface area contributed by atoms with Gasteiger partial charge in [-0.3, -0.25) is 4.40 Å². The normalized spacial score (nSPS) is 12.8. The van der Waals surface area contributed by atoms with Gasteiger partial charge in [-0.1, -0.05) is 0 Å². The number of fused-ring (bicyclic) bond motifs is 1. The van der Waals surface area contributed by atoms with Gasteiger partial charge in [-0.05, 0) is 26.1 Å². The Hall–Kier alpha value is -2.08. The predicted octanol–water partition coefficient (Wildman–Crippen LogP) is 0.889. The standard InChI is InChI=1S/C12H15N3O3/c1-7(13-2)5-10-14-11(12(17)18)9-4-3-8(16)6-15(9)10/h3-4,6-7,13,16H,5H2,1-2H3,(H,17,18). The predicted molar refractivity (Wildman–Crippen MR) is 66.0 cm³/mol. The molecule has 0 aromatic carbocycles. The van der Waals surface area contributed by atoms with Gasteiger partial charge in [0.25, 0.3) is 0 Å². The van der Waals surface area contributed by atoms with Crippen molar-refractivity contribution in [2.45, 2.75) is 19.4 Å². The van der Waals surface area contributed by atoms with E-state index < -0.39 is 5.97 Å². The molecule has 0 aliphatic rings. The zero-order valence-corrected chi connectivity index (χ0v) is 10.2. The summed E-state index contributed by atoms with van der Waals surface area (Å²) in [5, 5.41) is 21.7. The first kappa shape index (κ1) is 12.4. The van der Waals surface area contributed by atoms with Crippen LogP contribution in [0, 0.1) is 0 Å². The maximum Gasteiger partial charge on any atom is 0.356 e. The van der Waals surface area contributed by atoms with Gasteiger partial charge in [0.1, 0.15) is 11.6 Å². The topological polar surface area (TPSA) is 86.9 Å². The average Bonchev–Trinajstić information content (AvgIpc) is 2.67. The molecule has 1 unspecified atom stereocenters. The van der Waals surface area contributed by atoms with E-state index in [1.54, 1.807) is 10.5 Å². The monoisotopic (exact) mass is 249 g/mol. The maximum atomic E-state index is 11.1. The van der Waals surface area contributed by atoms with E-state index >= 15 is 0 Å². The molecule has 2 rings (SSSR count). The number of hydrogen-bond acceptors (Lipinski definition) is 4. The average molecular weight is 249 g/mol. The molecule has 3 N–H and O–H groups in total. The van der Waals surface area contributed by atoms with Crippen LogP contribution in [0.25, 0.3) is 5.52 Å². The molecule has 0 aliphatic carbocycles. The summed E-state index contributed by atoms with van der Waals surface area (Å²) in [5.74, 6) is -0.378. The second kappa shape index (κ2) is 4.66. The number of hydrogen-bond donors (Lipinski definition) is 3. The molecular formula is C12H15N3O3. The van der Waals surface area contributed by atoms with E-state index in [1.807, 2.05) is 14.0 Å². The van der Waals surface area contributed by atoms with Crippen LogP contribution in [0.5, 0.6) is 5.75 Å². The van der Waals surface area contributed by atoms with Crippen LogP contribution in [0.2, 0.25) is 0 Å². The van der Waals surface area contributed by atoms with Crippen LogP contribution < -0.4 is 5.32 Å². The van der Waals surface area contributed by atoms with Crippen LogP contribution in [-0.2, 0) is 6.42 Å². The summed E-state index contributed by atoms with van der Waals surface area (Å²) in [7, 11) is 1.83. The number of aromatic hydroxyl groups is 1. The molecule has 0 bridgehead atoms. The van der Waals surface area contributed by atoms with Crippen LogP contribution >= 0.6 is 0 Å². The van der Waals surface area contributed by atoms with Gasteiger partial charge in [0, 0.05) is 12.5 Å². The number of carboxylic acids is 1. The molecule has 6 heteroatoms. The van der Waals surface area contributed by atoms with Gasteiger partial charge >= 0.3 is 5.97 Å². The number of nitrogens with one attached hydrogen (secondary N) is 1. The third-order valence-corrected chi connectivity index (χ3v) is 2.88. The van der Waals surface area contributed by atoms with Gasteiger partial charge in [-0.15, -0.1) is 0 Å². The van der Waals surface area contributed by atoms with Crippen molar-refractivity contribution in [3.05, 3.63) is 29.8 Å². The number of carboxylic acid groups (broad SMARTS) is 1. The lowest BCUT2D eigenvalue weighted by Gasteiger charge is -2.08. The number of imidazole rings is 1. The molecule has 0 amide bonds. The molecule has 96 valence electrons. The second-order valence-corrected chi connectivity index (χ2v) is 4.22. The minimum Gasteiger partial charge on any atom is -0.506 e. The summed E-state index contributed by atoms with van der Waals surface area (Å²) in [6.45, 7) is 1.98. The minimum atomic E-state index is -1.07. The van der Waals surface area contributed by atoms with Crippen molar-refractivity contribution in [2.75, 3.05) is 7.05 Å². The molecular weight excluding hydrogens is 234 g/mol. The number of pyridine rings is 1. The quantitative estimate of drug-likeness (QED) is 0.749. The highest BCUT2D eigenvalue weighted by Gasteiger charge is 2.17. The lowest BCUT2D eigenvalue weighted by molar-refractivity contribution is 0.0693. The van der Waals surface area contributed by atoms with Crippen LogP contribution in [-0.4, -0.2) is 38.7 Å². The highest BCUT2D eigenvalue weighted by molar-refractivity contribution is 5.93. The van der Waals surface area contributed by atoms with Crippen molar-refractivity contribution in [1.82, 2.24) is 14.7 Å². The zero-order chi connectivity index (χ0) is 13.3. The number of aromatic nitrogens is 2. The molecule has 0 spiro atoms. The smallest absolute Gasteiger partial charge is 0.356 e. The summed E-state index contributed by atoms with van der Waals surface area (Å²) in [5.41, 5.74) is 0.493. The van der Waals surface area contributed by atoms with E-state index in [4.69, 9.17) is 5.11 Å². The molecule has 0 aliphatic heterocycles. The summed E-state index contributed by atoms with van der Waals surface area (Å²) < 4.78 is 1.62. The summed E-state index contributed by atoms with van der Waals surface area (Å²) in [6, 6.07) is 3.17. The highest BCUT2D eigenvalue weighted by Crippen LogP contribution is 2.18. The molecule has 1 atom stereocenters. The van der Waals surface area contributed by atoms with Gasteiger partial charge in [0.15, 0.2) is 5.69 Å². The van der Waals surface area contributed by atoms with Crippen LogP contribution in [0.15, 0.2) is 18.3 Å². The van der Waals surface area contributed by atoms with Crippen LogP contribution in [0.4, 0.5) is 0 Å². The van der Waals surface area contributed by atoms with Crippen molar-refractivity contribution in [3.8, 4) is 5.75 Å². The number of likely N-dealkylation sites (N-methyl/N-ethyl adjacent to an activating group) is 1. The molecule has 2 heterocycles. The Bertz CT molecular complexity index is 592. The third-order valence-electron chi connectivity index (χ3n) is 2.88. The van der Waals surface area contributed by atoms with E-state index in [1.165, 1.54) is 12.3 Å². The molecule has 18 heavy (non-hydrogen) atoms. The Morgan fingerprint density at radius 1 is 1.56 bits per heavy atom. The molecule has 2 aromatic rings. The fourth-order valence-corrected chi connectivity index (χ4v) is 1.81. The highest BCUT2D eigenvalue weighted by atomic mass is 16.4. The maximum absolute atomic E-state index is 11.1. The van der Waals surface area contributed by atoms with Crippen molar-refractivity contribution < 1.29 is 15.0 Å². The molecule has 0 saturated heterocycles. The summed E-state index contributed by atoms with van der Waals surface area (Å²) in [4.78, 5) is 15.2. The van der Waals surface area contributed by atoms with Gasteiger partial charge in [0.05, 0.1) is 11.7 Å². The Labute approximate surface area is 104 Å². The van der Waals surface area contributed by atoms with Crippen molar-refractivity contribution in [1.29, 1.82) is 0 Å². The first-order valence-electron chi connectivity index (χ1n) is 5.63. The Kier molecular flexibility index (Phi) is 3.20. The fourth-order valence-electron chi connectivity index (χ4n) is 1.81. The van der Waals surface area contributed by atoms with Gasteiger partial charge in [-0.2, -0.15) is 0 Å². The molecule has 0 radical (unpaired) electrons. The fraction of sp³-hybridized carbons (Fsp3) is 0.333. The van der Waals surface area contributed by atoms with E-state index in [0.717, 1.165) is 0 Å². The number of rotatable bonds is 4. The third kappa shape index (κ3) is 2.14. The molecule has 6 nitrogen and oxygen atoms in total. The minimum absolute atomic E-state index is 0.00769. The van der Waals surface area contributed by atoms with Gasteiger partial charge < -0.3 is 15.5 Å². The largest absolute Gasteiger partial charge is 0.506 e. The van der Waals surface area contributed by atoms with Crippen LogP contribution in [0.1, 0.15) is 23.2 Å². The number of nitrogens with zero attached hydrogens (tertiary/aromatic N) is 2. The second-order valence-electron chi connectivity index (χ2n) is 4.22. The number of carbonyl (C=O) groups is 1. The number of aromatic carboxylic acids is 1. The Morgan fingerprint density at radius 3 is 2.89 bits per heavy atom. The molecule has 2 aromatic heterocycles. The summed E-state index contributed by atoms with van der Waals surface area (Å²) in [6.07, 6.45) is 2.06. The SMILES string of the molecule is CNC(C)Cc1nc(C(=O)O)c2ccc(O)cn12. The lowest BCUT2D eigenvalue weighted by atomic mass is 10.2. The van der Waals surface area contributed by atoms with Crippen molar-refractivity contribution >= 4 is 11.5 Å². The van der Waals surface area contributed by atoms with E-state index in [-0.39, 0.29) is 17.5 Å². The molecule has 0 saturated carbocycles. The summed E-state index contributed by atoms with van der Waals surface area (Å²) >= 11 is 0. The van der Waals surface area contributed by atoms with Gasteiger partial charge in [0.2, 0.25) is 0 Å². The zero-order valence-electron chi connectivity index (χ0n) is 10.2. The van der Waals surface area contributed by atoms with Crippen molar-refractivity contribution in [2.24, 2.45) is 0 Å². The lowest BCUT2D eigenvalue weighted by Crippen LogP contribution is -2.24.